The molecule has 0 aromatic carbocycles. The molecule has 3 nitrogen and oxygen atoms in total. The zero-order valence-corrected chi connectivity index (χ0v) is 11.5. The Morgan fingerprint density at radius 3 is 2.28 bits per heavy atom. The number of hydrogen-bond donors (Lipinski definition) is 0. The van der Waals surface area contributed by atoms with Crippen LogP contribution in [0, 0.1) is 17.8 Å². The van der Waals surface area contributed by atoms with Crippen LogP contribution in [0.3, 0.4) is 0 Å². The van der Waals surface area contributed by atoms with Gasteiger partial charge in [-0.2, -0.15) is 0 Å². The van der Waals surface area contributed by atoms with Crippen molar-refractivity contribution in [2.45, 2.75) is 58.3 Å². The third kappa shape index (κ3) is 3.89. The number of hydrogen-bond acceptors (Lipinski definition) is 3. The standard InChI is InChI=1S/C15H26O3/c1-2-3-4-5-12-6-8-13(9-7-12)14-10-17-15(16)18-11-14/h12-14H,2-11H2,1H3. The van der Waals surface area contributed by atoms with E-state index in [1.54, 1.807) is 0 Å². The Labute approximate surface area is 110 Å². The molecule has 2 fully saturated rings. The highest BCUT2D eigenvalue weighted by Gasteiger charge is 2.31. The molecule has 1 saturated carbocycles. The molecule has 0 bridgehead atoms. The van der Waals surface area contributed by atoms with Crippen LogP contribution in [-0.2, 0) is 9.47 Å². The van der Waals surface area contributed by atoms with Gasteiger partial charge in [0.15, 0.2) is 0 Å². The molecule has 0 radical (unpaired) electrons. The summed E-state index contributed by atoms with van der Waals surface area (Å²) >= 11 is 0. The molecule has 1 saturated heterocycles. The number of carbonyl (C=O) groups is 1. The SMILES string of the molecule is CCCCCC1CCC(C2COC(=O)OC2)CC1. The lowest BCUT2D eigenvalue weighted by molar-refractivity contribution is -0.0353. The quantitative estimate of drug-likeness (QED) is 0.546. The van der Waals surface area contributed by atoms with Crippen LogP contribution in [0.4, 0.5) is 4.79 Å². The summed E-state index contributed by atoms with van der Waals surface area (Å²) in [5, 5.41) is 0. The molecular weight excluding hydrogens is 228 g/mol. The molecule has 2 aliphatic rings. The summed E-state index contributed by atoms with van der Waals surface area (Å²) < 4.78 is 9.98. The molecule has 18 heavy (non-hydrogen) atoms. The average Bonchev–Trinajstić information content (AvgIpc) is 2.41. The number of rotatable bonds is 5. The summed E-state index contributed by atoms with van der Waals surface area (Å²) in [5.41, 5.74) is 0. The molecule has 3 heteroatoms. The molecule has 0 aromatic heterocycles. The minimum atomic E-state index is -0.487. The molecule has 0 amide bonds. The third-order valence-electron chi connectivity index (χ3n) is 4.60. The second kappa shape index (κ2) is 7.01. The molecule has 1 aliphatic heterocycles. The smallest absolute Gasteiger partial charge is 0.434 e. The van der Waals surface area contributed by atoms with Crippen LogP contribution in [0.25, 0.3) is 0 Å². The minimum Gasteiger partial charge on any atom is -0.434 e. The second-order valence-corrected chi connectivity index (χ2v) is 5.91. The Hall–Kier alpha value is -0.730. The van der Waals surface area contributed by atoms with E-state index in [1.165, 1.54) is 51.4 Å². The van der Waals surface area contributed by atoms with E-state index in [4.69, 9.17) is 9.47 Å². The molecule has 0 spiro atoms. The summed E-state index contributed by atoms with van der Waals surface area (Å²) in [5.74, 6) is 2.10. The van der Waals surface area contributed by atoms with E-state index in [9.17, 15) is 4.79 Å². The van der Waals surface area contributed by atoms with Gasteiger partial charge in [-0.1, -0.05) is 45.4 Å². The lowest BCUT2D eigenvalue weighted by atomic mass is 9.75. The summed E-state index contributed by atoms with van der Waals surface area (Å²) in [6, 6.07) is 0. The fraction of sp³-hybridized carbons (Fsp3) is 0.933. The van der Waals surface area contributed by atoms with Crippen molar-refractivity contribution in [1.29, 1.82) is 0 Å². The highest BCUT2D eigenvalue weighted by Crippen LogP contribution is 2.36. The Bertz CT molecular complexity index is 246. The molecule has 0 aromatic rings. The van der Waals surface area contributed by atoms with Gasteiger partial charge < -0.3 is 9.47 Å². The van der Waals surface area contributed by atoms with E-state index < -0.39 is 6.16 Å². The van der Waals surface area contributed by atoms with E-state index in [0.717, 1.165) is 5.92 Å². The van der Waals surface area contributed by atoms with Crippen molar-refractivity contribution in [3.8, 4) is 0 Å². The van der Waals surface area contributed by atoms with Crippen molar-refractivity contribution in [3.05, 3.63) is 0 Å². The number of unbranched alkanes of at least 4 members (excludes halogenated alkanes) is 2. The molecule has 2 rings (SSSR count). The van der Waals surface area contributed by atoms with Gasteiger partial charge in [0.2, 0.25) is 0 Å². The predicted molar refractivity (Wildman–Crippen MR) is 70.4 cm³/mol. The maximum absolute atomic E-state index is 10.8. The van der Waals surface area contributed by atoms with Crippen molar-refractivity contribution in [2.75, 3.05) is 13.2 Å². The van der Waals surface area contributed by atoms with Crippen molar-refractivity contribution in [2.24, 2.45) is 17.8 Å². The molecule has 0 N–H and O–H groups in total. The van der Waals surface area contributed by atoms with Crippen LogP contribution >= 0.6 is 0 Å². The van der Waals surface area contributed by atoms with Gasteiger partial charge in [0, 0.05) is 5.92 Å². The lowest BCUT2D eigenvalue weighted by Gasteiger charge is -2.35. The summed E-state index contributed by atoms with van der Waals surface area (Å²) in [4.78, 5) is 10.8. The topological polar surface area (TPSA) is 35.5 Å². The van der Waals surface area contributed by atoms with E-state index in [1.807, 2.05) is 0 Å². The fourth-order valence-corrected chi connectivity index (χ4v) is 3.34. The Morgan fingerprint density at radius 1 is 1.00 bits per heavy atom. The Balaban J connectivity index is 1.65. The first kappa shape index (κ1) is 13.7. The molecule has 1 heterocycles. The van der Waals surface area contributed by atoms with E-state index in [-0.39, 0.29) is 0 Å². The monoisotopic (exact) mass is 254 g/mol. The van der Waals surface area contributed by atoms with Gasteiger partial charge in [-0.25, -0.2) is 4.79 Å². The Morgan fingerprint density at radius 2 is 1.67 bits per heavy atom. The van der Waals surface area contributed by atoms with Gasteiger partial charge in [0.1, 0.15) is 13.2 Å². The van der Waals surface area contributed by atoms with Crippen molar-refractivity contribution in [1.82, 2.24) is 0 Å². The van der Waals surface area contributed by atoms with Gasteiger partial charge in [0.05, 0.1) is 0 Å². The van der Waals surface area contributed by atoms with Crippen LogP contribution in [0.2, 0.25) is 0 Å². The van der Waals surface area contributed by atoms with Gasteiger partial charge in [-0.05, 0) is 24.7 Å². The predicted octanol–water partition coefficient (Wildman–Crippen LogP) is 4.16. The van der Waals surface area contributed by atoms with Crippen molar-refractivity contribution in [3.63, 3.8) is 0 Å². The first-order chi connectivity index (χ1) is 8.79. The zero-order valence-electron chi connectivity index (χ0n) is 11.5. The number of carbonyl (C=O) groups excluding carboxylic acids is 1. The van der Waals surface area contributed by atoms with Crippen LogP contribution in [-0.4, -0.2) is 19.4 Å². The highest BCUT2D eigenvalue weighted by molar-refractivity contribution is 5.60. The first-order valence-electron chi connectivity index (χ1n) is 7.59. The molecule has 104 valence electrons. The maximum atomic E-state index is 10.8. The third-order valence-corrected chi connectivity index (χ3v) is 4.60. The maximum Gasteiger partial charge on any atom is 0.508 e. The second-order valence-electron chi connectivity index (χ2n) is 5.91. The van der Waals surface area contributed by atoms with E-state index in [2.05, 4.69) is 6.92 Å². The van der Waals surface area contributed by atoms with Gasteiger partial charge in [0.25, 0.3) is 0 Å². The van der Waals surface area contributed by atoms with Gasteiger partial charge in [-0.3, -0.25) is 0 Å². The Kier molecular flexibility index (Phi) is 5.33. The molecule has 0 unspecified atom stereocenters. The molecule has 1 aliphatic carbocycles. The largest absolute Gasteiger partial charge is 0.508 e. The van der Waals surface area contributed by atoms with Crippen LogP contribution in [0.1, 0.15) is 58.3 Å². The van der Waals surface area contributed by atoms with Crippen LogP contribution in [0.5, 0.6) is 0 Å². The van der Waals surface area contributed by atoms with Crippen LogP contribution in [0.15, 0.2) is 0 Å². The normalized spacial score (nSPS) is 29.7. The zero-order chi connectivity index (χ0) is 12.8. The molecular formula is C15H26O3. The summed E-state index contributed by atoms with van der Waals surface area (Å²) in [7, 11) is 0. The van der Waals surface area contributed by atoms with Crippen LogP contribution < -0.4 is 0 Å². The van der Waals surface area contributed by atoms with E-state index >= 15 is 0 Å². The summed E-state index contributed by atoms with van der Waals surface area (Å²) in [6.07, 6.45) is 10.3. The lowest BCUT2D eigenvalue weighted by Crippen LogP contribution is -2.34. The van der Waals surface area contributed by atoms with E-state index in [0.29, 0.717) is 25.0 Å². The van der Waals surface area contributed by atoms with Crippen molar-refractivity contribution >= 4 is 6.16 Å². The first-order valence-corrected chi connectivity index (χ1v) is 7.59. The highest BCUT2D eigenvalue weighted by atomic mass is 16.7. The fourth-order valence-electron chi connectivity index (χ4n) is 3.34. The van der Waals surface area contributed by atoms with Crippen molar-refractivity contribution < 1.29 is 14.3 Å². The average molecular weight is 254 g/mol. The summed E-state index contributed by atoms with van der Waals surface area (Å²) in [6.45, 7) is 3.41. The minimum absolute atomic E-state index is 0.444. The number of ether oxygens (including phenoxy) is 2. The number of cyclic esters (lactones) is 2. The molecule has 0 atom stereocenters. The van der Waals surface area contributed by atoms with Gasteiger partial charge >= 0.3 is 6.16 Å². The van der Waals surface area contributed by atoms with Gasteiger partial charge in [-0.15, -0.1) is 0 Å².